The third-order valence-electron chi connectivity index (χ3n) is 3.30. The summed E-state index contributed by atoms with van der Waals surface area (Å²) in [6.45, 7) is 3.69. The van der Waals surface area contributed by atoms with Gasteiger partial charge in [0.1, 0.15) is 0 Å². The van der Waals surface area contributed by atoms with E-state index >= 15 is 0 Å². The molecule has 0 aromatic rings. The summed E-state index contributed by atoms with van der Waals surface area (Å²) in [4.78, 5) is 2.80. The highest BCUT2D eigenvalue weighted by molar-refractivity contribution is 4.94. The molecule has 0 atom stereocenters. The minimum absolute atomic E-state index is 1.01. The molecule has 2 saturated carbocycles. The van der Waals surface area contributed by atoms with Crippen LogP contribution in [0.1, 0.15) is 58.3 Å². The van der Waals surface area contributed by atoms with Gasteiger partial charge in [0.15, 0.2) is 0 Å². The molecule has 0 heterocycles. The molecule has 0 aromatic heterocycles. The predicted octanol–water partition coefficient (Wildman–Crippen LogP) is 3.19. The molecule has 0 amide bonds. The molecule has 0 aliphatic heterocycles. The molecular formula is C12H23N. The number of nitrogens with zero attached hydrogens (tertiary/aromatic N) is 1. The van der Waals surface area contributed by atoms with Gasteiger partial charge in [-0.1, -0.05) is 26.2 Å². The molecule has 0 saturated heterocycles. The highest BCUT2D eigenvalue weighted by Crippen LogP contribution is 2.37. The van der Waals surface area contributed by atoms with Crippen molar-refractivity contribution in [3.63, 3.8) is 0 Å². The van der Waals surface area contributed by atoms with Crippen LogP contribution in [-0.4, -0.2) is 23.5 Å². The van der Waals surface area contributed by atoms with Crippen LogP contribution < -0.4 is 0 Å². The summed E-state index contributed by atoms with van der Waals surface area (Å²) >= 11 is 0. The number of unbranched alkanes of at least 4 members (excludes halogenated alkanes) is 3. The summed E-state index contributed by atoms with van der Waals surface area (Å²) < 4.78 is 0. The minimum atomic E-state index is 1.01. The second-order valence-corrected chi connectivity index (χ2v) is 4.76. The molecule has 0 spiro atoms. The lowest BCUT2D eigenvalue weighted by molar-refractivity contribution is 0.247. The quantitative estimate of drug-likeness (QED) is 0.545. The Hall–Kier alpha value is -0.0400. The lowest BCUT2D eigenvalue weighted by Crippen LogP contribution is -2.29. The van der Waals surface area contributed by atoms with Crippen LogP contribution in [0.3, 0.4) is 0 Å². The van der Waals surface area contributed by atoms with Gasteiger partial charge < -0.3 is 0 Å². The van der Waals surface area contributed by atoms with Crippen LogP contribution in [0.5, 0.6) is 0 Å². The fourth-order valence-electron chi connectivity index (χ4n) is 2.20. The van der Waals surface area contributed by atoms with E-state index < -0.39 is 0 Å². The van der Waals surface area contributed by atoms with Gasteiger partial charge in [0, 0.05) is 12.1 Å². The van der Waals surface area contributed by atoms with Crippen LogP contribution >= 0.6 is 0 Å². The van der Waals surface area contributed by atoms with Crippen LogP contribution in [0.2, 0.25) is 0 Å². The molecular weight excluding hydrogens is 158 g/mol. The van der Waals surface area contributed by atoms with Crippen LogP contribution in [-0.2, 0) is 0 Å². The Kier molecular flexibility index (Phi) is 3.26. The van der Waals surface area contributed by atoms with Gasteiger partial charge in [-0.25, -0.2) is 0 Å². The second-order valence-electron chi connectivity index (χ2n) is 4.76. The van der Waals surface area contributed by atoms with Gasteiger partial charge >= 0.3 is 0 Å². The monoisotopic (exact) mass is 181 g/mol. The molecule has 2 fully saturated rings. The van der Waals surface area contributed by atoms with E-state index in [9.17, 15) is 0 Å². The molecule has 0 aromatic carbocycles. The molecule has 0 unspecified atom stereocenters. The largest absolute Gasteiger partial charge is 0.297 e. The summed E-state index contributed by atoms with van der Waals surface area (Å²) in [5, 5.41) is 0. The molecule has 76 valence electrons. The minimum Gasteiger partial charge on any atom is -0.297 e. The Morgan fingerprint density at radius 3 is 2.00 bits per heavy atom. The molecule has 2 aliphatic rings. The summed E-state index contributed by atoms with van der Waals surface area (Å²) in [5.74, 6) is 0. The first-order valence-electron chi connectivity index (χ1n) is 6.17. The molecule has 2 aliphatic carbocycles. The number of hydrogen-bond donors (Lipinski definition) is 0. The summed E-state index contributed by atoms with van der Waals surface area (Å²) in [6.07, 6.45) is 11.7. The Morgan fingerprint density at radius 2 is 1.54 bits per heavy atom. The van der Waals surface area contributed by atoms with E-state index in [2.05, 4.69) is 11.8 Å². The lowest BCUT2D eigenvalue weighted by atomic mass is 10.2. The summed E-state index contributed by atoms with van der Waals surface area (Å²) in [7, 11) is 0. The van der Waals surface area contributed by atoms with Gasteiger partial charge in [0.05, 0.1) is 0 Å². The van der Waals surface area contributed by atoms with E-state index in [-0.39, 0.29) is 0 Å². The standard InChI is InChI=1S/C12H23N/c1-2-3-4-5-10-13(11-6-7-11)12-8-9-12/h11-12H,2-10H2,1H3. The van der Waals surface area contributed by atoms with Crippen molar-refractivity contribution in [2.45, 2.75) is 70.4 Å². The van der Waals surface area contributed by atoms with Crippen LogP contribution in [0.25, 0.3) is 0 Å². The predicted molar refractivity (Wildman–Crippen MR) is 56.9 cm³/mol. The van der Waals surface area contributed by atoms with Gasteiger partial charge in [-0.2, -0.15) is 0 Å². The highest BCUT2D eigenvalue weighted by Gasteiger charge is 2.38. The van der Waals surface area contributed by atoms with Crippen LogP contribution in [0.15, 0.2) is 0 Å². The van der Waals surface area contributed by atoms with Gasteiger partial charge in [-0.3, -0.25) is 4.90 Å². The molecule has 2 rings (SSSR count). The van der Waals surface area contributed by atoms with Crippen molar-refractivity contribution in [2.24, 2.45) is 0 Å². The zero-order chi connectivity index (χ0) is 9.10. The summed E-state index contributed by atoms with van der Waals surface area (Å²) in [6, 6.07) is 2.02. The number of hydrogen-bond acceptors (Lipinski definition) is 1. The Balaban J connectivity index is 1.59. The van der Waals surface area contributed by atoms with E-state index in [1.165, 1.54) is 57.9 Å². The molecule has 0 radical (unpaired) electrons. The zero-order valence-corrected chi connectivity index (χ0v) is 8.97. The van der Waals surface area contributed by atoms with E-state index in [1.807, 2.05) is 0 Å². The third kappa shape index (κ3) is 2.98. The molecule has 0 bridgehead atoms. The van der Waals surface area contributed by atoms with Crippen molar-refractivity contribution >= 4 is 0 Å². The molecule has 0 N–H and O–H groups in total. The maximum absolute atomic E-state index is 2.80. The van der Waals surface area contributed by atoms with Gasteiger partial charge in [0.25, 0.3) is 0 Å². The third-order valence-corrected chi connectivity index (χ3v) is 3.30. The van der Waals surface area contributed by atoms with Crippen LogP contribution in [0.4, 0.5) is 0 Å². The van der Waals surface area contributed by atoms with E-state index in [0.717, 1.165) is 12.1 Å². The fourth-order valence-corrected chi connectivity index (χ4v) is 2.20. The Morgan fingerprint density at radius 1 is 0.923 bits per heavy atom. The van der Waals surface area contributed by atoms with Crippen molar-refractivity contribution in [1.29, 1.82) is 0 Å². The SMILES string of the molecule is CCCCCCN(C1CC1)C1CC1. The molecule has 13 heavy (non-hydrogen) atoms. The van der Waals surface area contributed by atoms with Crippen molar-refractivity contribution in [2.75, 3.05) is 6.54 Å². The average molecular weight is 181 g/mol. The molecule has 1 heteroatoms. The van der Waals surface area contributed by atoms with Gasteiger partial charge in [-0.05, 0) is 38.6 Å². The van der Waals surface area contributed by atoms with E-state index in [4.69, 9.17) is 0 Å². The maximum Gasteiger partial charge on any atom is 0.00993 e. The van der Waals surface area contributed by atoms with Crippen molar-refractivity contribution in [3.05, 3.63) is 0 Å². The van der Waals surface area contributed by atoms with E-state index in [1.54, 1.807) is 0 Å². The number of rotatable bonds is 7. The highest BCUT2D eigenvalue weighted by atomic mass is 15.2. The van der Waals surface area contributed by atoms with Crippen molar-refractivity contribution < 1.29 is 0 Å². The van der Waals surface area contributed by atoms with Gasteiger partial charge in [-0.15, -0.1) is 0 Å². The topological polar surface area (TPSA) is 3.24 Å². The summed E-state index contributed by atoms with van der Waals surface area (Å²) in [5.41, 5.74) is 0. The maximum atomic E-state index is 2.80. The zero-order valence-electron chi connectivity index (χ0n) is 8.97. The average Bonchev–Trinajstić information content (AvgIpc) is 2.99. The Labute approximate surface area is 82.5 Å². The lowest BCUT2D eigenvalue weighted by Gasteiger charge is -2.21. The normalized spacial score (nSPS) is 22.6. The fraction of sp³-hybridized carbons (Fsp3) is 1.00. The van der Waals surface area contributed by atoms with E-state index in [0.29, 0.717) is 0 Å². The first kappa shape index (κ1) is 9.51. The first-order valence-corrected chi connectivity index (χ1v) is 6.17. The van der Waals surface area contributed by atoms with Crippen molar-refractivity contribution in [1.82, 2.24) is 4.90 Å². The van der Waals surface area contributed by atoms with Crippen molar-refractivity contribution in [3.8, 4) is 0 Å². The molecule has 1 nitrogen and oxygen atoms in total. The first-order chi connectivity index (χ1) is 6.42. The second kappa shape index (κ2) is 4.45. The smallest absolute Gasteiger partial charge is 0.00993 e. The van der Waals surface area contributed by atoms with Crippen LogP contribution in [0, 0.1) is 0 Å². The van der Waals surface area contributed by atoms with Gasteiger partial charge in [0.2, 0.25) is 0 Å². The Bertz CT molecular complexity index is 135.